The number of nitrogens with zero attached hydrogens (tertiary/aromatic N) is 1. The molecule has 2 aliphatic rings. The van der Waals surface area contributed by atoms with Crippen LogP contribution in [0.15, 0.2) is 41.5 Å². The number of aliphatic hydroxyl groups is 1. The van der Waals surface area contributed by atoms with Gasteiger partial charge in [0.25, 0.3) is 5.91 Å². The average Bonchev–Trinajstić information content (AvgIpc) is 2.86. The number of allylic oxidation sites excluding steroid dienone is 2. The number of rotatable bonds is 3. The highest BCUT2D eigenvalue weighted by Crippen LogP contribution is 2.45. The number of phenols is 2. The molecule has 1 saturated heterocycles. The van der Waals surface area contributed by atoms with E-state index in [1.165, 1.54) is 13.2 Å². The predicted molar refractivity (Wildman–Crippen MR) is 154 cm³/mol. The molecule has 6 N–H and O–H groups in total. The van der Waals surface area contributed by atoms with Crippen molar-refractivity contribution in [1.82, 2.24) is 0 Å². The molecular weight excluding hydrogens is 514 g/mol. The highest BCUT2D eigenvalue weighted by Gasteiger charge is 2.29. The van der Waals surface area contributed by atoms with Crippen LogP contribution in [-0.4, -0.2) is 65.8 Å². The van der Waals surface area contributed by atoms with Crippen molar-refractivity contribution in [2.24, 2.45) is 17.6 Å². The monoisotopic (exact) mass is 557 g/mol. The van der Waals surface area contributed by atoms with Crippen LogP contribution >= 0.6 is 0 Å². The van der Waals surface area contributed by atoms with E-state index in [0.29, 0.717) is 41.7 Å². The van der Waals surface area contributed by atoms with Crippen molar-refractivity contribution < 1.29 is 34.4 Å². The van der Waals surface area contributed by atoms with Crippen LogP contribution in [0.3, 0.4) is 0 Å². The van der Waals surface area contributed by atoms with Crippen LogP contribution in [0.4, 0.5) is 16.2 Å². The lowest BCUT2D eigenvalue weighted by molar-refractivity contribution is -0.112. The normalized spacial score (nSPS) is 30.2. The van der Waals surface area contributed by atoms with Gasteiger partial charge in [0.2, 0.25) is 0 Å². The Morgan fingerprint density at radius 2 is 1.88 bits per heavy atom. The van der Waals surface area contributed by atoms with E-state index in [4.69, 9.17) is 15.2 Å². The summed E-state index contributed by atoms with van der Waals surface area (Å²) in [6, 6.07) is 1.38. The number of nitrogens with one attached hydrogen (secondary N) is 1. The first-order valence-corrected chi connectivity index (χ1v) is 13.8. The Morgan fingerprint density at radius 1 is 1.18 bits per heavy atom. The van der Waals surface area contributed by atoms with Crippen molar-refractivity contribution in [3.63, 3.8) is 0 Å². The second-order valence-electron chi connectivity index (χ2n) is 10.9. The molecule has 2 aliphatic heterocycles. The highest BCUT2D eigenvalue weighted by molar-refractivity contribution is 6.05. The Hall–Kier alpha value is -3.50. The summed E-state index contributed by atoms with van der Waals surface area (Å²) in [5.41, 5.74) is 7.63. The summed E-state index contributed by atoms with van der Waals surface area (Å²) in [4.78, 5) is 26.7. The van der Waals surface area contributed by atoms with Gasteiger partial charge in [0, 0.05) is 43.3 Å². The molecule has 1 aromatic rings. The van der Waals surface area contributed by atoms with Gasteiger partial charge < -0.3 is 40.7 Å². The first-order valence-electron chi connectivity index (χ1n) is 13.8. The smallest absolute Gasteiger partial charge is 0.405 e. The number of nitrogens with two attached hydrogens (primary N) is 1. The van der Waals surface area contributed by atoms with Crippen molar-refractivity contribution in [3.05, 3.63) is 47.1 Å². The second-order valence-corrected chi connectivity index (χ2v) is 10.9. The highest BCUT2D eigenvalue weighted by atomic mass is 16.6. The number of carbonyl (C=O) groups excluding carboxylic acids is 2. The number of hydrogen-bond acceptors (Lipinski definition) is 8. The third-order valence-corrected chi connectivity index (χ3v) is 7.68. The lowest BCUT2D eigenvalue weighted by Crippen LogP contribution is -2.38. The number of phenolic OH excluding ortho intramolecular Hbond substituents is 2. The number of aliphatic hydroxyl groups excluding tert-OH is 1. The van der Waals surface area contributed by atoms with Crippen LogP contribution in [0.25, 0.3) is 0 Å². The van der Waals surface area contributed by atoms with Crippen LogP contribution in [-0.2, 0) is 20.7 Å². The molecule has 2 bridgehead atoms. The summed E-state index contributed by atoms with van der Waals surface area (Å²) in [5, 5.41) is 35.8. The number of primary amides is 1. The molecule has 220 valence electrons. The quantitative estimate of drug-likeness (QED) is 0.211. The third-order valence-electron chi connectivity index (χ3n) is 7.68. The van der Waals surface area contributed by atoms with Gasteiger partial charge in [0.05, 0.1) is 17.5 Å². The molecule has 1 aromatic carbocycles. The fourth-order valence-corrected chi connectivity index (χ4v) is 5.13. The van der Waals surface area contributed by atoms with Gasteiger partial charge in [-0.3, -0.25) is 4.79 Å². The van der Waals surface area contributed by atoms with Gasteiger partial charge in [-0.05, 0) is 51.0 Å². The standard InChI is InChI=1S/C30H43N3O7/c1-17-10-11-23(34)19(3)15-20(4)28(40-30(31)38)25(39-5)9-6-8-18(2)29(37)32-22-16-24(35)26(33-12-7-13-33)21(14-17)27(22)36/h6,8-9,15-17,19,23,25,28,34-36H,7,10-14H2,1-5H3,(H2,31,38)(H,32,37)/b9-6-,18-8+,20-15+/t17-,19-,23-,25-,28-/m0/s1. The summed E-state index contributed by atoms with van der Waals surface area (Å²) in [6.07, 6.45) is 6.09. The molecule has 2 heterocycles. The first kappa shape index (κ1) is 31.0. The molecule has 0 aliphatic carbocycles. The van der Waals surface area contributed by atoms with Gasteiger partial charge >= 0.3 is 6.09 Å². The van der Waals surface area contributed by atoms with E-state index in [1.807, 2.05) is 24.8 Å². The maximum atomic E-state index is 13.0. The lowest BCUT2D eigenvalue weighted by atomic mass is 9.89. The molecule has 0 radical (unpaired) electrons. The molecule has 0 spiro atoms. The fourth-order valence-electron chi connectivity index (χ4n) is 5.13. The van der Waals surface area contributed by atoms with Crippen molar-refractivity contribution in [2.45, 2.75) is 71.7 Å². The molecule has 40 heavy (non-hydrogen) atoms. The number of benzene rings is 1. The number of amides is 2. The molecule has 10 heteroatoms. The van der Waals surface area contributed by atoms with E-state index in [2.05, 4.69) is 5.32 Å². The van der Waals surface area contributed by atoms with Gasteiger partial charge in [-0.25, -0.2) is 4.79 Å². The Bertz CT molecular complexity index is 1170. The molecule has 0 unspecified atom stereocenters. The van der Waals surface area contributed by atoms with Gasteiger partial charge in [-0.2, -0.15) is 0 Å². The molecule has 3 rings (SSSR count). The Kier molecular flexibility index (Phi) is 10.6. The molecule has 2 amide bonds. The average molecular weight is 558 g/mol. The van der Waals surface area contributed by atoms with Crippen LogP contribution in [0.5, 0.6) is 11.5 Å². The van der Waals surface area contributed by atoms with Gasteiger partial charge in [0.1, 0.15) is 17.6 Å². The zero-order valence-corrected chi connectivity index (χ0v) is 24.0. The number of methoxy groups -OCH3 is 1. The molecular formula is C30H43N3O7. The maximum absolute atomic E-state index is 13.0. The zero-order valence-electron chi connectivity index (χ0n) is 24.0. The molecule has 10 nitrogen and oxygen atoms in total. The molecule has 5 atom stereocenters. The number of anilines is 2. The van der Waals surface area contributed by atoms with E-state index in [0.717, 1.165) is 19.5 Å². The summed E-state index contributed by atoms with van der Waals surface area (Å²) in [7, 11) is 1.47. The SMILES string of the molecule is CO[C@H]1/C=C\C=C(/C)C(=O)Nc2cc(O)c(N3CCC3)c(c2O)C[C@@H](C)CC[C@H](O)[C@@H](C)/C=C(\C)[C@@H]1OC(N)=O. The minimum atomic E-state index is -0.956. The largest absolute Gasteiger partial charge is 0.506 e. The molecule has 0 saturated carbocycles. The minimum absolute atomic E-state index is 0.000110. The van der Waals surface area contributed by atoms with Crippen molar-refractivity contribution >= 4 is 23.4 Å². The van der Waals surface area contributed by atoms with Gasteiger partial charge in [-0.1, -0.05) is 38.2 Å². The Morgan fingerprint density at radius 3 is 2.48 bits per heavy atom. The number of fused-ring (bicyclic) bond motifs is 2. The predicted octanol–water partition coefficient (Wildman–Crippen LogP) is 4.14. The van der Waals surface area contributed by atoms with Crippen molar-refractivity contribution in [2.75, 3.05) is 30.4 Å². The summed E-state index contributed by atoms with van der Waals surface area (Å²) in [6.45, 7) is 8.87. The van der Waals surface area contributed by atoms with Crippen molar-refractivity contribution in [1.29, 1.82) is 0 Å². The minimum Gasteiger partial charge on any atom is -0.506 e. The van der Waals surface area contributed by atoms with E-state index in [-0.39, 0.29) is 29.0 Å². The number of aromatic hydroxyl groups is 2. The first-order chi connectivity index (χ1) is 18.9. The van der Waals surface area contributed by atoms with Gasteiger partial charge in [0.15, 0.2) is 6.10 Å². The second kappa shape index (κ2) is 13.7. The third kappa shape index (κ3) is 7.57. The van der Waals surface area contributed by atoms with Crippen LogP contribution in [0.1, 0.15) is 52.5 Å². The Balaban J connectivity index is 2.04. The number of carbonyl (C=O) groups is 2. The van der Waals surface area contributed by atoms with E-state index in [9.17, 15) is 24.9 Å². The van der Waals surface area contributed by atoms with E-state index in [1.54, 1.807) is 32.1 Å². The zero-order chi connectivity index (χ0) is 29.6. The number of ether oxygens (including phenoxy) is 2. The van der Waals surface area contributed by atoms with Gasteiger partial charge in [-0.15, -0.1) is 0 Å². The molecule has 0 aromatic heterocycles. The molecule has 1 fully saturated rings. The van der Waals surface area contributed by atoms with Crippen LogP contribution < -0.4 is 16.0 Å². The summed E-state index contributed by atoms with van der Waals surface area (Å²) >= 11 is 0. The van der Waals surface area contributed by atoms with Crippen molar-refractivity contribution in [3.8, 4) is 11.5 Å². The van der Waals surface area contributed by atoms with Crippen LogP contribution in [0.2, 0.25) is 0 Å². The maximum Gasteiger partial charge on any atom is 0.405 e. The lowest BCUT2D eigenvalue weighted by Gasteiger charge is -2.36. The topological polar surface area (TPSA) is 155 Å². The van der Waals surface area contributed by atoms with Crippen LogP contribution in [0, 0.1) is 11.8 Å². The fraction of sp³-hybridized carbons (Fsp3) is 0.533. The van der Waals surface area contributed by atoms with E-state index >= 15 is 0 Å². The summed E-state index contributed by atoms with van der Waals surface area (Å²) < 4.78 is 10.9. The number of hydrogen-bond donors (Lipinski definition) is 5. The Labute approximate surface area is 236 Å². The van der Waals surface area contributed by atoms with E-state index < -0.39 is 30.3 Å². The summed E-state index contributed by atoms with van der Waals surface area (Å²) in [5.74, 6) is -0.726.